The lowest BCUT2D eigenvalue weighted by atomic mass is 9.92. The molecule has 0 unspecified atom stereocenters. The lowest BCUT2D eigenvalue weighted by Gasteiger charge is -2.27. The van der Waals surface area contributed by atoms with Crippen LogP contribution >= 0.6 is 11.3 Å². The third kappa shape index (κ3) is 5.05. The van der Waals surface area contributed by atoms with Crippen molar-refractivity contribution < 1.29 is 24.2 Å². The van der Waals surface area contributed by atoms with Gasteiger partial charge in [-0.3, -0.25) is 10.1 Å². The Morgan fingerprint density at radius 1 is 1.03 bits per heavy atom. The molecule has 1 aliphatic rings. The number of anilines is 1. The van der Waals surface area contributed by atoms with Gasteiger partial charge in [0.25, 0.3) is 0 Å². The average Bonchev–Trinajstić information content (AvgIpc) is 3.42. The van der Waals surface area contributed by atoms with Crippen molar-refractivity contribution in [3.05, 3.63) is 70.7 Å². The highest BCUT2D eigenvalue weighted by Crippen LogP contribution is 2.44. The minimum Gasteiger partial charge on any atom is -0.480 e. The number of carboxylic acids is 1. The van der Waals surface area contributed by atoms with Crippen molar-refractivity contribution in [2.75, 3.05) is 11.9 Å². The van der Waals surface area contributed by atoms with Gasteiger partial charge in [-0.25, -0.2) is 14.6 Å². The summed E-state index contributed by atoms with van der Waals surface area (Å²) in [4.78, 5) is 40.7. The van der Waals surface area contributed by atoms with E-state index in [1.165, 1.54) is 11.3 Å². The molecule has 35 heavy (non-hydrogen) atoms. The summed E-state index contributed by atoms with van der Waals surface area (Å²) in [6, 6.07) is 16.2. The summed E-state index contributed by atoms with van der Waals surface area (Å²) in [6.07, 6.45) is -0.163. The van der Waals surface area contributed by atoms with Crippen molar-refractivity contribution in [3.8, 4) is 11.1 Å². The molecule has 0 spiro atoms. The molecule has 2 aromatic carbocycles. The van der Waals surface area contributed by atoms with Crippen LogP contribution in [0.1, 0.15) is 49.4 Å². The zero-order chi connectivity index (χ0) is 25.0. The van der Waals surface area contributed by atoms with Crippen LogP contribution in [0.25, 0.3) is 11.1 Å². The van der Waals surface area contributed by atoms with E-state index in [9.17, 15) is 19.5 Å². The van der Waals surface area contributed by atoms with Gasteiger partial charge in [0, 0.05) is 11.3 Å². The van der Waals surface area contributed by atoms with E-state index >= 15 is 0 Å². The number of hydrogen-bond donors (Lipinski definition) is 3. The van der Waals surface area contributed by atoms with E-state index in [1.54, 1.807) is 19.2 Å². The zero-order valence-electron chi connectivity index (χ0n) is 19.5. The number of nitrogens with one attached hydrogen (secondary N) is 2. The number of carbonyl (C=O) groups excluding carboxylic acids is 2. The van der Waals surface area contributed by atoms with Crippen LogP contribution in [0.5, 0.6) is 0 Å². The van der Waals surface area contributed by atoms with Crippen LogP contribution in [0, 0.1) is 0 Å². The molecule has 4 rings (SSSR count). The van der Waals surface area contributed by atoms with Crippen LogP contribution in [0.4, 0.5) is 9.93 Å². The first kappa shape index (κ1) is 24.4. The molecule has 3 aromatic rings. The number of carboxylic acid groups (broad SMARTS) is 1. The Balaban J connectivity index is 1.34. The van der Waals surface area contributed by atoms with E-state index in [4.69, 9.17) is 4.74 Å². The van der Waals surface area contributed by atoms with Gasteiger partial charge in [0.15, 0.2) is 5.13 Å². The van der Waals surface area contributed by atoms with Gasteiger partial charge in [-0.1, -0.05) is 62.4 Å². The lowest BCUT2D eigenvalue weighted by molar-refractivity contribution is -0.148. The Kier molecular flexibility index (Phi) is 7.16. The summed E-state index contributed by atoms with van der Waals surface area (Å²) >= 11 is 1.17. The fourth-order valence-corrected chi connectivity index (χ4v) is 5.12. The van der Waals surface area contributed by atoms with Gasteiger partial charge in [-0.2, -0.15) is 0 Å². The predicted octanol–water partition coefficient (Wildman–Crippen LogP) is 4.81. The maximum Gasteiger partial charge on any atom is 0.413 e. The fraction of sp³-hybridized carbons (Fsp3) is 0.308. The van der Waals surface area contributed by atoms with Gasteiger partial charge >= 0.3 is 12.1 Å². The molecule has 0 fully saturated rings. The Hall–Kier alpha value is -3.72. The molecule has 3 N–H and O–H groups in total. The van der Waals surface area contributed by atoms with Gasteiger partial charge < -0.3 is 15.2 Å². The van der Waals surface area contributed by atoms with Gasteiger partial charge in [0.05, 0.1) is 12.1 Å². The normalized spacial score (nSPS) is 12.5. The molecule has 2 amide bonds. The van der Waals surface area contributed by atoms with Crippen molar-refractivity contribution in [2.45, 2.75) is 44.6 Å². The van der Waals surface area contributed by atoms with Gasteiger partial charge in [0.1, 0.15) is 12.1 Å². The van der Waals surface area contributed by atoms with Crippen LogP contribution in [-0.2, 0) is 20.7 Å². The molecule has 182 valence electrons. The van der Waals surface area contributed by atoms with Crippen molar-refractivity contribution in [3.63, 3.8) is 0 Å². The molecule has 0 bridgehead atoms. The Morgan fingerprint density at radius 2 is 1.63 bits per heavy atom. The smallest absolute Gasteiger partial charge is 0.413 e. The topological polar surface area (TPSA) is 118 Å². The molecule has 0 saturated heterocycles. The Bertz CT molecular complexity index is 1210. The third-order valence-corrected chi connectivity index (χ3v) is 7.25. The number of aliphatic carboxylic acids is 1. The first-order valence-electron chi connectivity index (χ1n) is 11.5. The van der Waals surface area contributed by atoms with Crippen LogP contribution in [0.15, 0.2) is 53.9 Å². The quantitative estimate of drug-likeness (QED) is 0.394. The van der Waals surface area contributed by atoms with Crippen LogP contribution in [-0.4, -0.2) is 40.2 Å². The number of carbonyl (C=O) groups is 3. The Labute approximate surface area is 207 Å². The van der Waals surface area contributed by atoms with Crippen LogP contribution in [0.3, 0.4) is 0 Å². The molecule has 1 aliphatic carbocycles. The zero-order valence-corrected chi connectivity index (χ0v) is 20.4. The SMILES string of the molecule is CCC(CC)(NC(=O)Cc1csc(NC(=O)OCC2c3ccccc3-c3ccccc32)n1)C(=O)O. The molecule has 0 radical (unpaired) electrons. The first-order chi connectivity index (χ1) is 16.9. The van der Waals surface area contributed by atoms with E-state index in [0.29, 0.717) is 10.8 Å². The molecule has 1 heterocycles. The number of nitrogens with zero attached hydrogens (tertiary/aromatic N) is 1. The highest BCUT2D eigenvalue weighted by Gasteiger charge is 2.36. The van der Waals surface area contributed by atoms with Gasteiger partial charge in [0.2, 0.25) is 5.91 Å². The first-order valence-corrected chi connectivity index (χ1v) is 12.4. The fourth-order valence-electron chi connectivity index (χ4n) is 4.43. The van der Waals surface area contributed by atoms with E-state index in [1.807, 2.05) is 24.3 Å². The monoisotopic (exact) mass is 493 g/mol. The minimum absolute atomic E-state index is 0.0460. The van der Waals surface area contributed by atoms with Crippen LogP contribution < -0.4 is 10.6 Å². The largest absolute Gasteiger partial charge is 0.480 e. The van der Waals surface area contributed by atoms with Crippen LogP contribution in [0.2, 0.25) is 0 Å². The summed E-state index contributed by atoms with van der Waals surface area (Å²) in [6.45, 7) is 3.63. The second-order valence-corrected chi connectivity index (χ2v) is 9.27. The van der Waals surface area contributed by atoms with Crippen molar-refractivity contribution >= 4 is 34.4 Å². The number of fused-ring (bicyclic) bond motifs is 3. The second-order valence-electron chi connectivity index (χ2n) is 8.41. The lowest BCUT2D eigenvalue weighted by Crippen LogP contribution is -2.54. The number of benzene rings is 2. The molecule has 0 atom stereocenters. The molecule has 0 saturated carbocycles. The number of aromatic nitrogens is 1. The molecule has 9 heteroatoms. The average molecular weight is 494 g/mol. The number of ether oxygens (including phenoxy) is 1. The summed E-state index contributed by atoms with van der Waals surface area (Å²) in [7, 11) is 0. The highest BCUT2D eigenvalue weighted by atomic mass is 32.1. The molecular weight excluding hydrogens is 466 g/mol. The van der Waals surface area contributed by atoms with E-state index < -0.39 is 23.5 Å². The summed E-state index contributed by atoms with van der Waals surface area (Å²) < 4.78 is 5.53. The number of amides is 2. The highest BCUT2D eigenvalue weighted by molar-refractivity contribution is 7.13. The summed E-state index contributed by atoms with van der Waals surface area (Å²) in [5, 5.41) is 16.7. The number of rotatable bonds is 9. The van der Waals surface area contributed by atoms with E-state index in [2.05, 4.69) is 39.9 Å². The number of hydrogen-bond acceptors (Lipinski definition) is 6. The third-order valence-electron chi connectivity index (χ3n) is 6.44. The molecular formula is C26H27N3O5S. The molecule has 8 nitrogen and oxygen atoms in total. The van der Waals surface area contributed by atoms with Gasteiger partial charge in [-0.15, -0.1) is 11.3 Å². The summed E-state index contributed by atoms with van der Waals surface area (Å²) in [5.74, 6) is -1.55. The number of thiazole rings is 1. The molecule has 1 aromatic heterocycles. The van der Waals surface area contributed by atoms with Gasteiger partial charge in [-0.05, 0) is 35.1 Å². The van der Waals surface area contributed by atoms with Crippen molar-refractivity contribution in [1.82, 2.24) is 10.3 Å². The Morgan fingerprint density at radius 3 is 2.20 bits per heavy atom. The standard InChI is InChI=1S/C26H27N3O5S/c1-3-26(4-2,23(31)32)29-22(30)13-16-15-35-24(27-16)28-25(33)34-14-21-19-11-7-5-9-17(19)18-10-6-8-12-20(18)21/h5-12,15,21H,3-4,13-14H2,1-2H3,(H,29,30)(H,31,32)(H,27,28,33). The minimum atomic E-state index is -1.30. The second kappa shape index (κ2) is 10.3. The maximum absolute atomic E-state index is 12.5. The predicted molar refractivity (Wildman–Crippen MR) is 134 cm³/mol. The van der Waals surface area contributed by atoms with E-state index in [0.717, 1.165) is 22.3 Å². The summed E-state index contributed by atoms with van der Waals surface area (Å²) in [5.41, 5.74) is 3.69. The maximum atomic E-state index is 12.5. The van der Waals surface area contributed by atoms with Crippen molar-refractivity contribution in [2.24, 2.45) is 0 Å². The molecule has 0 aliphatic heterocycles. The van der Waals surface area contributed by atoms with E-state index in [-0.39, 0.29) is 31.8 Å². The van der Waals surface area contributed by atoms with Crippen molar-refractivity contribution in [1.29, 1.82) is 0 Å².